The van der Waals surface area contributed by atoms with Gasteiger partial charge >= 0.3 is 11.9 Å². The standard InChI is InChI=1S/C17H20Cl2N2O5/c18-12-4-2-1-3-11(12)14(19)15(24)20-17(16(25)26)6-9-21(10-7-17)8-5-13(22)23/h1-4,14H,5-10H2,(H,20,24)(H,22,23)(H,25,26). The first-order valence-electron chi connectivity index (χ1n) is 8.13. The predicted octanol–water partition coefficient (Wildman–Crippen LogP) is 2.13. The van der Waals surface area contributed by atoms with Crippen LogP contribution in [0.5, 0.6) is 0 Å². The molecule has 1 saturated heterocycles. The first-order valence-corrected chi connectivity index (χ1v) is 8.95. The van der Waals surface area contributed by atoms with Crippen LogP contribution < -0.4 is 5.32 Å². The Labute approximate surface area is 160 Å². The van der Waals surface area contributed by atoms with E-state index in [0.717, 1.165) is 0 Å². The van der Waals surface area contributed by atoms with Crippen LogP contribution in [0.1, 0.15) is 30.2 Å². The molecular weight excluding hydrogens is 383 g/mol. The van der Waals surface area contributed by atoms with E-state index in [-0.39, 0.29) is 19.3 Å². The van der Waals surface area contributed by atoms with E-state index in [1.807, 2.05) is 4.90 Å². The van der Waals surface area contributed by atoms with Crippen molar-refractivity contribution in [2.45, 2.75) is 30.2 Å². The minimum Gasteiger partial charge on any atom is -0.481 e. The van der Waals surface area contributed by atoms with Crippen molar-refractivity contribution in [2.75, 3.05) is 19.6 Å². The van der Waals surface area contributed by atoms with Crippen molar-refractivity contribution in [3.8, 4) is 0 Å². The van der Waals surface area contributed by atoms with Crippen molar-refractivity contribution in [3.63, 3.8) is 0 Å². The molecule has 26 heavy (non-hydrogen) atoms. The first-order chi connectivity index (χ1) is 12.2. The summed E-state index contributed by atoms with van der Waals surface area (Å²) in [6.45, 7) is 1.09. The van der Waals surface area contributed by atoms with Gasteiger partial charge in [0.05, 0.1) is 6.42 Å². The highest BCUT2D eigenvalue weighted by atomic mass is 35.5. The van der Waals surface area contributed by atoms with Gasteiger partial charge in [-0.1, -0.05) is 29.8 Å². The lowest BCUT2D eigenvalue weighted by Gasteiger charge is -2.39. The van der Waals surface area contributed by atoms with Crippen LogP contribution in [0.4, 0.5) is 0 Å². The van der Waals surface area contributed by atoms with E-state index in [1.165, 1.54) is 0 Å². The number of likely N-dealkylation sites (tertiary alicyclic amines) is 1. The third kappa shape index (κ3) is 4.87. The van der Waals surface area contributed by atoms with Gasteiger partial charge in [-0.3, -0.25) is 9.59 Å². The molecule has 0 aromatic heterocycles. The molecule has 142 valence electrons. The number of carboxylic acids is 2. The molecule has 1 aliphatic rings. The number of hydrogen-bond donors (Lipinski definition) is 3. The number of hydrogen-bond acceptors (Lipinski definition) is 4. The fourth-order valence-electron chi connectivity index (χ4n) is 2.93. The zero-order valence-corrected chi connectivity index (χ0v) is 15.5. The van der Waals surface area contributed by atoms with Crippen LogP contribution in [0, 0.1) is 0 Å². The molecule has 0 spiro atoms. The van der Waals surface area contributed by atoms with E-state index < -0.39 is 28.8 Å². The van der Waals surface area contributed by atoms with E-state index in [2.05, 4.69) is 5.32 Å². The normalized spacial score (nSPS) is 18.1. The molecule has 1 amide bonds. The van der Waals surface area contributed by atoms with Crippen LogP contribution in [-0.2, 0) is 14.4 Å². The van der Waals surface area contributed by atoms with Crippen molar-refractivity contribution < 1.29 is 24.6 Å². The minimum absolute atomic E-state index is 0.0112. The van der Waals surface area contributed by atoms with Crippen LogP contribution >= 0.6 is 23.2 Å². The second-order valence-corrected chi connectivity index (χ2v) is 7.09. The van der Waals surface area contributed by atoms with Crippen molar-refractivity contribution in [2.24, 2.45) is 0 Å². The molecule has 1 aromatic carbocycles. The predicted molar refractivity (Wildman–Crippen MR) is 96.5 cm³/mol. The average molecular weight is 403 g/mol. The van der Waals surface area contributed by atoms with Gasteiger partial charge in [0.2, 0.25) is 5.91 Å². The highest BCUT2D eigenvalue weighted by Crippen LogP contribution is 2.30. The summed E-state index contributed by atoms with van der Waals surface area (Å²) in [5, 5.41) is 20.2. The highest BCUT2D eigenvalue weighted by Gasteiger charge is 2.43. The lowest BCUT2D eigenvalue weighted by Crippen LogP contribution is -2.60. The molecule has 0 radical (unpaired) electrons. The molecule has 1 atom stereocenters. The molecule has 2 rings (SSSR count). The van der Waals surface area contributed by atoms with Gasteiger partial charge in [0.1, 0.15) is 10.9 Å². The maximum absolute atomic E-state index is 12.5. The number of amides is 1. The molecule has 0 saturated carbocycles. The minimum atomic E-state index is -1.43. The van der Waals surface area contributed by atoms with Crippen molar-refractivity contribution in [3.05, 3.63) is 34.9 Å². The molecule has 0 aliphatic carbocycles. The van der Waals surface area contributed by atoms with E-state index >= 15 is 0 Å². The Kier molecular flexibility index (Phi) is 6.86. The Bertz CT molecular complexity index is 689. The summed E-state index contributed by atoms with van der Waals surface area (Å²) in [5.74, 6) is -2.66. The molecule has 1 unspecified atom stereocenters. The molecule has 0 bridgehead atoms. The van der Waals surface area contributed by atoms with Gasteiger partial charge in [0.25, 0.3) is 0 Å². The summed E-state index contributed by atoms with van der Waals surface area (Å²) in [4.78, 5) is 36.9. The number of nitrogens with one attached hydrogen (secondary N) is 1. The number of rotatable bonds is 7. The number of aliphatic carboxylic acids is 2. The van der Waals surface area contributed by atoms with Crippen molar-refractivity contribution in [1.29, 1.82) is 0 Å². The Morgan fingerprint density at radius 2 is 1.81 bits per heavy atom. The summed E-state index contributed by atoms with van der Waals surface area (Å²) < 4.78 is 0. The van der Waals surface area contributed by atoms with Gasteiger partial charge in [0, 0.05) is 24.7 Å². The summed E-state index contributed by atoms with van der Waals surface area (Å²) >= 11 is 12.2. The summed E-state index contributed by atoms with van der Waals surface area (Å²) in [7, 11) is 0. The Morgan fingerprint density at radius 3 is 2.35 bits per heavy atom. The van der Waals surface area contributed by atoms with Crippen molar-refractivity contribution >= 4 is 41.0 Å². The maximum atomic E-state index is 12.5. The summed E-state index contributed by atoms with van der Waals surface area (Å²) in [6.07, 6.45) is 0.322. The topological polar surface area (TPSA) is 107 Å². The molecule has 9 heteroatoms. The highest BCUT2D eigenvalue weighted by molar-refractivity contribution is 6.36. The molecular formula is C17H20Cl2N2O5. The fraction of sp³-hybridized carbons (Fsp3) is 0.471. The monoisotopic (exact) mass is 402 g/mol. The summed E-state index contributed by atoms with van der Waals surface area (Å²) in [6, 6.07) is 6.62. The Morgan fingerprint density at radius 1 is 1.19 bits per heavy atom. The van der Waals surface area contributed by atoms with Crippen LogP contribution in [0.3, 0.4) is 0 Å². The average Bonchev–Trinajstić information content (AvgIpc) is 2.60. The number of alkyl halides is 1. The van der Waals surface area contributed by atoms with Crippen LogP contribution in [0.2, 0.25) is 5.02 Å². The molecule has 1 aromatic rings. The smallest absolute Gasteiger partial charge is 0.329 e. The second kappa shape index (κ2) is 8.70. The number of carboxylic acid groups (broad SMARTS) is 2. The largest absolute Gasteiger partial charge is 0.481 e. The fourth-order valence-corrected chi connectivity index (χ4v) is 3.47. The van der Waals surface area contributed by atoms with Gasteiger partial charge < -0.3 is 20.4 Å². The van der Waals surface area contributed by atoms with Gasteiger partial charge in [-0.15, -0.1) is 11.6 Å². The van der Waals surface area contributed by atoms with Crippen LogP contribution in [0.15, 0.2) is 24.3 Å². The molecule has 7 nitrogen and oxygen atoms in total. The van der Waals surface area contributed by atoms with Gasteiger partial charge in [-0.05, 0) is 24.5 Å². The lowest BCUT2D eigenvalue weighted by molar-refractivity contribution is -0.150. The Balaban J connectivity index is 2.04. The number of benzene rings is 1. The molecule has 1 aliphatic heterocycles. The zero-order valence-electron chi connectivity index (χ0n) is 14.0. The maximum Gasteiger partial charge on any atom is 0.329 e. The van der Waals surface area contributed by atoms with Crippen LogP contribution in [-0.4, -0.2) is 58.1 Å². The van der Waals surface area contributed by atoms with Gasteiger partial charge in [-0.25, -0.2) is 4.79 Å². The molecule has 3 N–H and O–H groups in total. The number of carbonyl (C=O) groups is 3. The van der Waals surface area contributed by atoms with Crippen LogP contribution in [0.25, 0.3) is 0 Å². The van der Waals surface area contributed by atoms with Gasteiger partial charge in [0.15, 0.2) is 0 Å². The van der Waals surface area contributed by atoms with Crippen molar-refractivity contribution in [1.82, 2.24) is 10.2 Å². The second-order valence-electron chi connectivity index (χ2n) is 6.25. The first kappa shape index (κ1) is 20.5. The quantitative estimate of drug-likeness (QED) is 0.603. The zero-order chi connectivity index (χ0) is 19.3. The lowest BCUT2D eigenvalue weighted by atomic mass is 9.87. The van der Waals surface area contributed by atoms with E-state index in [4.69, 9.17) is 28.3 Å². The third-order valence-electron chi connectivity index (χ3n) is 4.53. The SMILES string of the molecule is O=C(O)CCN1CCC(NC(=O)C(Cl)c2ccccc2Cl)(C(=O)O)CC1. The molecule has 1 fully saturated rings. The number of carbonyl (C=O) groups excluding carboxylic acids is 1. The Hall–Kier alpha value is -1.83. The van der Waals surface area contributed by atoms with Gasteiger partial charge in [-0.2, -0.15) is 0 Å². The summed E-state index contributed by atoms with van der Waals surface area (Å²) in [5.41, 5.74) is -1.02. The van der Waals surface area contributed by atoms with E-state index in [1.54, 1.807) is 24.3 Å². The van der Waals surface area contributed by atoms with E-state index in [9.17, 15) is 19.5 Å². The number of piperidine rings is 1. The van der Waals surface area contributed by atoms with E-state index in [0.29, 0.717) is 30.2 Å². The number of halogens is 2. The third-order valence-corrected chi connectivity index (χ3v) is 5.31. The molecule has 1 heterocycles. The number of nitrogens with zero attached hydrogens (tertiary/aromatic N) is 1.